The van der Waals surface area contributed by atoms with Crippen LogP contribution in [0.5, 0.6) is 0 Å². The van der Waals surface area contributed by atoms with Gasteiger partial charge in [0.2, 0.25) is 0 Å². The highest BCUT2D eigenvalue weighted by molar-refractivity contribution is 7.89. The molecule has 0 bridgehead atoms. The Balaban J connectivity index is 1.51. The predicted octanol–water partition coefficient (Wildman–Crippen LogP) is 3.64. The van der Waals surface area contributed by atoms with Gasteiger partial charge in [0.15, 0.2) is 5.76 Å². The number of nitrogens with zero attached hydrogens (tertiary/aromatic N) is 1. The SMILES string of the molecule is Cc1ccc(S(=O)(=O)N/N=C2\CCCc3oc(C(=O)NNC(=O)c4cccc(Cl)c4)c(C)c32)cc1. The Hall–Kier alpha value is -3.63. The average Bonchev–Trinajstić information content (AvgIpc) is 3.18. The second-order valence-electron chi connectivity index (χ2n) is 8.09. The quantitative estimate of drug-likeness (QED) is 0.447. The number of amides is 2. The fourth-order valence-corrected chi connectivity index (χ4v) is 4.77. The molecule has 1 heterocycles. The smallest absolute Gasteiger partial charge is 0.305 e. The topological polar surface area (TPSA) is 130 Å². The molecule has 0 fully saturated rings. The molecule has 0 atom stereocenters. The first-order valence-electron chi connectivity index (χ1n) is 10.8. The minimum Gasteiger partial charge on any atom is -0.455 e. The molecule has 11 heteroatoms. The largest absolute Gasteiger partial charge is 0.455 e. The first kappa shape index (κ1) is 24.5. The average molecular weight is 515 g/mol. The van der Waals surface area contributed by atoms with E-state index < -0.39 is 21.8 Å². The maximum Gasteiger partial charge on any atom is 0.305 e. The lowest BCUT2D eigenvalue weighted by molar-refractivity contribution is 0.0829. The van der Waals surface area contributed by atoms with Crippen LogP contribution in [0.2, 0.25) is 5.02 Å². The Morgan fingerprint density at radius 1 is 1.00 bits per heavy atom. The van der Waals surface area contributed by atoms with Gasteiger partial charge in [0.25, 0.3) is 15.9 Å². The van der Waals surface area contributed by atoms with E-state index >= 15 is 0 Å². The van der Waals surface area contributed by atoms with Gasteiger partial charge in [-0.2, -0.15) is 18.4 Å². The minimum atomic E-state index is -3.85. The van der Waals surface area contributed by atoms with Crippen LogP contribution in [-0.2, 0) is 16.4 Å². The molecule has 1 aliphatic carbocycles. The molecule has 0 radical (unpaired) electrons. The molecule has 0 saturated heterocycles. The lowest BCUT2D eigenvalue weighted by Crippen LogP contribution is -2.41. The summed E-state index contributed by atoms with van der Waals surface area (Å²) in [4.78, 5) is 27.4. The zero-order valence-electron chi connectivity index (χ0n) is 19.0. The molecule has 2 amide bonds. The maximum absolute atomic E-state index is 12.7. The van der Waals surface area contributed by atoms with Gasteiger partial charge in [-0.3, -0.25) is 20.4 Å². The van der Waals surface area contributed by atoms with Crippen LogP contribution in [0.1, 0.15) is 56.2 Å². The highest BCUT2D eigenvalue weighted by Gasteiger charge is 2.28. The van der Waals surface area contributed by atoms with Crippen molar-refractivity contribution >= 4 is 39.2 Å². The summed E-state index contributed by atoms with van der Waals surface area (Å²) in [6.45, 7) is 3.55. The Morgan fingerprint density at radius 3 is 2.43 bits per heavy atom. The number of furan rings is 1. The van der Waals surface area contributed by atoms with Gasteiger partial charge in [-0.25, -0.2) is 0 Å². The zero-order valence-corrected chi connectivity index (χ0v) is 20.6. The molecule has 3 N–H and O–H groups in total. The van der Waals surface area contributed by atoms with E-state index in [0.717, 1.165) is 5.56 Å². The van der Waals surface area contributed by atoms with Gasteiger partial charge in [-0.05, 0) is 57.0 Å². The molecule has 35 heavy (non-hydrogen) atoms. The van der Waals surface area contributed by atoms with E-state index in [2.05, 4.69) is 20.8 Å². The van der Waals surface area contributed by atoms with Crippen LogP contribution in [0.25, 0.3) is 0 Å². The molecule has 2 aromatic carbocycles. The highest BCUT2D eigenvalue weighted by Crippen LogP contribution is 2.30. The third kappa shape index (κ3) is 5.39. The zero-order chi connectivity index (χ0) is 25.2. The first-order chi connectivity index (χ1) is 16.7. The molecule has 1 aliphatic rings. The summed E-state index contributed by atoms with van der Waals surface area (Å²) >= 11 is 5.90. The van der Waals surface area contributed by atoms with Gasteiger partial charge in [0.05, 0.1) is 10.6 Å². The van der Waals surface area contributed by atoms with E-state index in [1.54, 1.807) is 37.3 Å². The number of aryl methyl sites for hydroxylation is 2. The van der Waals surface area contributed by atoms with Gasteiger partial charge in [0, 0.05) is 28.1 Å². The number of hydrogen-bond acceptors (Lipinski definition) is 6. The van der Waals surface area contributed by atoms with Crippen LogP contribution in [0, 0.1) is 13.8 Å². The second-order valence-corrected chi connectivity index (χ2v) is 10.2. The molecule has 4 rings (SSSR count). The van der Waals surface area contributed by atoms with Gasteiger partial charge >= 0.3 is 5.91 Å². The lowest BCUT2D eigenvalue weighted by atomic mass is 9.93. The van der Waals surface area contributed by atoms with Crippen LogP contribution in [0.3, 0.4) is 0 Å². The van der Waals surface area contributed by atoms with Crippen molar-refractivity contribution in [3.05, 3.63) is 87.3 Å². The number of sulfonamides is 1. The second kappa shape index (κ2) is 9.93. The van der Waals surface area contributed by atoms with Crippen molar-refractivity contribution in [2.75, 3.05) is 0 Å². The number of fused-ring (bicyclic) bond motifs is 1. The van der Waals surface area contributed by atoms with Crippen LogP contribution < -0.4 is 15.7 Å². The number of carbonyl (C=O) groups is 2. The molecule has 3 aromatic rings. The van der Waals surface area contributed by atoms with Crippen LogP contribution in [0.15, 0.2) is 62.9 Å². The summed E-state index contributed by atoms with van der Waals surface area (Å²) < 4.78 is 31.0. The van der Waals surface area contributed by atoms with Gasteiger partial charge < -0.3 is 4.42 Å². The fraction of sp³-hybridized carbons (Fsp3) is 0.208. The van der Waals surface area contributed by atoms with E-state index in [9.17, 15) is 18.0 Å². The number of benzene rings is 2. The standard InChI is InChI=1S/C24H23ClN4O5S/c1-14-9-11-18(12-10-14)35(32,33)29-26-19-7-4-8-20-21(19)15(2)22(34-20)24(31)28-27-23(30)16-5-3-6-17(25)13-16/h3,5-6,9-13,29H,4,7-8H2,1-2H3,(H,27,30)(H,28,31)/b26-19+. The van der Waals surface area contributed by atoms with Crippen LogP contribution in [-0.4, -0.2) is 25.9 Å². The molecule has 1 aromatic heterocycles. The third-order valence-corrected chi connectivity index (χ3v) is 7.00. The number of nitrogens with one attached hydrogen (secondary N) is 3. The minimum absolute atomic E-state index is 0.0115. The summed E-state index contributed by atoms with van der Waals surface area (Å²) in [5.41, 5.74) is 7.46. The fourth-order valence-electron chi connectivity index (χ4n) is 3.75. The van der Waals surface area contributed by atoms with Crippen molar-refractivity contribution in [3.63, 3.8) is 0 Å². The number of halogens is 1. The number of hydrogen-bond donors (Lipinski definition) is 3. The van der Waals surface area contributed by atoms with Crippen LogP contribution >= 0.6 is 11.6 Å². The number of hydrazine groups is 1. The van der Waals surface area contributed by atoms with Gasteiger partial charge in [-0.1, -0.05) is 35.4 Å². The summed E-state index contributed by atoms with van der Waals surface area (Å²) in [6, 6.07) is 12.7. The number of carbonyl (C=O) groups excluding carboxylic acids is 2. The summed E-state index contributed by atoms with van der Waals surface area (Å²) in [5, 5.41) is 4.55. The Labute approximate surface area is 207 Å². The third-order valence-electron chi connectivity index (χ3n) is 5.54. The van der Waals surface area contributed by atoms with E-state index in [0.29, 0.717) is 46.9 Å². The van der Waals surface area contributed by atoms with Crippen molar-refractivity contribution < 1.29 is 22.4 Å². The molecule has 9 nitrogen and oxygen atoms in total. The normalized spacial score (nSPS) is 14.3. The van der Waals surface area contributed by atoms with Gasteiger partial charge in [-0.15, -0.1) is 0 Å². The predicted molar refractivity (Wildman–Crippen MR) is 131 cm³/mol. The van der Waals surface area contributed by atoms with Crippen molar-refractivity contribution in [1.29, 1.82) is 0 Å². The molecule has 0 unspecified atom stereocenters. The summed E-state index contributed by atoms with van der Waals surface area (Å²) in [6.07, 6.45) is 1.76. The monoisotopic (exact) mass is 514 g/mol. The van der Waals surface area contributed by atoms with Crippen molar-refractivity contribution in [2.45, 2.75) is 38.0 Å². The van der Waals surface area contributed by atoms with Crippen molar-refractivity contribution in [3.8, 4) is 0 Å². The lowest BCUT2D eigenvalue weighted by Gasteiger charge is -2.14. The summed E-state index contributed by atoms with van der Waals surface area (Å²) in [7, 11) is -3.85. The molecule has 0 spiro atoms. The van der Waals surface area contributed by atoms with Crippen molar-refractivity contribution in [2.24, 2.45) is 5.10 Å². The number of rotatable bonds is 5. The van der Waals surface area contributed by atoms with E-state index in [-0.39, 0.29) is 16.2 Å². The van der Waals surface area contributed by atoms with Gasteiger partial charge in [0.1, 0.15) is 5.76 Å². The van der Waals surface area contributed by atoms with E-state index in [4.69, 9.17) is 16.0 Å². The molecule has 0 aliphatic heterocycles. The number of hydrazone groups is 1. The highest BCUT2D eigenvalue weighted by atomic mass is 35.5. The molecular weight excluding hydrogens is 492 g/mol. The summed E-state index contributed by atoms with van der Waals surface area (Å²) in [5.74, 6) is -0.639. The Kier molecular flexibility index (Phi) is 6.95. The van der Waals surface area contributed by atoms with Crippen molar-refractivity contribution in [1.82, 2.24) is 15.7 Å². The van der Waals surface area contributed by atoms with E-state index in [1.165, 1.54) is 18.2 Å². The van der Waals surface area contributed by atoms with Crippen LogP contribution in [0.4, 0.5) is 0 Å². The molecular formula is C24H23ClN4O5S. The molecule has 0 saturated carbocycles. The molecule has 182 valence electrons. The van der Waals surface area contributed by atoms with E-state index in [1.807, 2.05) is 6.92 Å². The Morgan fingerprint density at radius 2 is 1.71 bits per heavy atom. The first-order valence-corrected chi connectivity index (χ1v) is 12.7. The maximum atomic E-state index is 12.7. The Bertz CT molecular complexity index is 1430.